The fraction of sp³-hybridized carbons (Fsp3) is 0. The maximum absolute atomic E-state index is 8.34. The zero-order valence-corrected chi connectivity index (χ0v) is 4.26. The van der Waals surface area contributed by atoms with Crippen molar-refractivity contribution in [3.63, 3.8) is 0 Å². The van der Waals surface area contributed by atoms with Gasteiger partial charge in [0.2, 0.25) is 0 Å². The molecule has 0 aliphatic carbocycles. The van der Waals surface area contributed by atoms with E-state index in [1.54, 1.807) is 0 Å². The van der Waals surface area contributed by atoms with E-state index in [1.807, 2.05) is 0 Å². The molecule has 0 saturated carbocycles. The van der Waals surface area contributed by atoms with Gasteiger partial charge in [0.1, 0.15) is 0 Å². The molecule has 0 saturated heterocycles. The van der Waals surface area contributed by atoms with Gasteiger partial charge in [0.15, 0.2) is 17.4 Å². The molecule has 0 spiro atoms. The van der Waals surface area contributed by atoms with Crippen molar-refractivity contribution in [2.24, 2.45) is 0 Å². The van der Waals surface area contributed by atoms with Crippen LogP contribution in [-0.2, 0) is 3.02 Å². The van der Waals surface area contributed by atoms with Crippen LogP contribution in [0.3, 0.4) is 0 Å². The van der Waals surface area contributed by atoms with E-state index in [0.717, 1.165) is 0 Å². The molecule has 0 fully saturated rings. The Bertz CT molecular complexity index is 6.00. The quantitative estimate of drug-likeness (QED) is 0.378. The molecule has 0 bridgehead atoms. The molecule has 0 amide bonds. The van der Waals surface area contributed by atoms with Gasteiger partial charge in [0.25, 0.3) is 0 Å². The van der Waals surface area contributed by atoms with E-state index in [2.05, 4.69) is 0 Å². The monoisotopic (exact) mass is 186 g/mol. The van der Waals surface area contributed by atoms with Crippen molar-refractivity contribution in [2.75, 3.05) is 0 Å². The van der Waals surface area contributed by atoms with Crippen LogP contribution in [0.5, 0.6) is 0 Å². The van der Waals surface area contributed by atoms with Crippen molar-refractivity contribution < 1.29 is 8.49 Å². The summed E-state index contributed by atoms with van der Waals surface area (Å²) in [6, 6.07) is 0. The van der Waals surface area contributed by atoms with E-state index in [9.17, 15) is 0 Å². The molecule has 0 atom stereocenters. The van der Waals surface area contributed by atoms with Crippen LogP contribution in [0.25, 0.3) is 0 Å². The molecule has 0 aliphatic rings. The van der Waals surface area contributed by atoms with Crippen molar-refractivity contribution in [2.45, 2.75) is 0 Å². The van der Waals surface area contributed by atoms with Crippen LogP contribution in [-0.4, -0.2) is 45.8 Å². The fourth-order valence-electron chi connectivity index (χ4n) is 0. The molecule has 0 aromatic rings. The molecular weight excluding hydrogens is 181 g/mol. The standard InChI is InChI=1S/Al.H2O.O.Sb.4H/h;1H2;;;;;;. The average Bonchev–Trinajstić information content (AvgIpc) is 1.00. The van der Waals surface area contributed by atoms with Gasteiger partial charge in [-0.1, -0.05) is 0 Å². The zero-order chi connectivity index (χ0) is 2.00. The van der Waals surface area contributed by atoms with E-state index < -0.39 is 0 Å². The average molecular weight is 187 g/mol. The van der Waals surface area contributed by atoms with Gasteiger partial charge in [-0.25, -0.2) is 0 Å². The van der Waals surface area contributed by atoms with Crippen LogP contribution in [0, 0.1) is 0 Å². The molecule has 0 aromatic heterocycles. The number of hydrogen-bond donors (Lipinski definition) is 0. The Kier molecular flexibility index (Phi) is 156. The molecule has 4 heavy (non-hydrogen) atoms. The van der Waals surface area contributed by atoms with E-state index >= 15 is 0 Å². The third kappa shape index (κ3) is 11.2. The van der Waals surface area contributed by atoms with Gasteiger partial charge in [-0.05, 0) is 0 Å². The first kappa shape index (κ1) is 19.4. The van der Waals surface area contributed by atoms with E-state index in [-0.39, 0.29) is 22.8 Å². The molecule has 2 nitrogen and oxygen atoms in total. The summed E-state index contributed by atoms with van der Waals surface area (Å²) in [5.41, 5.74) is 0. The maximum atomic E-state index is 8.34. The van der Waals surface area contributed by atoms with Gasteiger partial charge < -0.3 is 5.48 Å². The summed E-state index contributed by atoms with van der Waals surface area (Å²) in [4.78, 5) is 0. The minimum absolute atomic E-state index is 0. The van der Waals surface area contributed by atoms with E-state index in [1.165, 1.54) is 0 Å². The van der Waals surface area contributed by atoms with Crippen molar-refractivity contribution in [1.29, 1.82) is 0 Å². The van der Waals surface area contributed by atoms with Crippen molar-refractivity contribution in [3.05, 3.63) is 0 Å². The third-order valence-corrected chi connectivity index (χ3v) is 0. The summed E-state index contributed by atoms with van der Waals surface area (Å²) < 4.78 is 8.34. The van der Waals surface area contributed by atoms with Gasteiger partial charge >= 0.3 is 26.0 Å². The minimum atomic E-state index is 0. The van der Waals surface area contributed by atoms with Crippen molar-refractivity contribution in [1.82, 2.24) is 0 Å². The molecule has 26 valence electrons. The zero-order valence-electron chi connectivity index (χ0n) is 1.41. The Labute approximate surface area is 48.9 Å². The molecule has 0 unspecified atom stereocenters. The second-order valence-corrected chi connectivity index (χ2v) is 0. The second kappa shape index (κ2) is 32.2. The van der Waals surface area contributed by atoms with Crippen LogP contribution in [0.15, 0.2) is 0 Å². The normalized spacial score (nSPS) is 1.00. The topological polar surface area (TPSA) is 48.6 Å². The first-order chi connectivity index (χ1) is 1.00. The summed E-state index contributed by atoms with van der Waals surface area (Å²) in [6.45, 7) is 0. The summed E-state index contributed by atoms with van der Waals surface area (Å²) >= 11 is 0.300. The van der Waals surface area contributed by atoms with E-state index in [4.69, 9.17) is 3.02 Å². The van der Waals surface area contributed by atoms with Crippen LogP contribution in [0.2, 0.25) is 0 Å². The van der Waals surface area contributed by atoms with Gasteiger partial charge in [-0.15, -0.1) is 0 Å². The predicted molar refractivity (Wildman–Crippen MR) is 21.4 cm³/mol. The fourth-order valence-corrected chi connectivity index (χ4v) is 0. The van der Waals surface area contributed by atoms with Gasteiger partial charge in [-0.3, -0.25) is 0 Å². The van der Waals surface area contributed by atoms with Crippen LogP contribution >= 0.6 is 0 Å². The molecule has 0 radical (unpaired) electrons. The molecule has 0 aliphatic heterocycles. The van der Waals surface area contributed by atoms with Crippen molar-refractivity contribution >= 4 is 40.4 Å². The molecule has 0 rings (SSSR count). The first-order valence-corrected chi connectivity index (χ1v) is 1.37. The second-order valence-electron chi connectivity index (χ2n) is 0. The molecule has 4 heteroatoms. The third-order valence-electron chi connectivity index (χ3n) is 0. The first-order valence-electron chi connectivity index (χ1n) is 0.204. The predicted octanol–water partition coefficient (Wildman–Crippen LogP) is -2.78. The SMILES string of the molecule is O.[AlH3].[O]=[SbH]. The van der Waals surface area contributed by atoms with Gasteiger partial charge in [-0.2, -0.15) is 0 Å². The van der Waals surface area contributed by atoms with Crippen LogP contribution in [0.1, 0.15) is 0 Å². The molecule has 0 aromatic carbocycles. The Hall–Kier alpha value is 1.11. The van der Waals surface area contributed by atoms with Crippen molar-refractivity contribution in [3.8, 4) is 0 Å². The molecule has 2 N–H and O–H groups in total. The Morgan fingerprint density at radius 1 is 1.25 bits per heavy atom. The Morgan fingerprint density at radius 2 is 1.25 bits per heavy atom. The molecular formula is H6AlO2Sb. The summed E-state index contributed by atoms with van der Waals surface area (Å²) in [6.07, 6.45) is 0. The van der Waals surface area contributed by atoms with Crippen LogP contribution < -0.4 is 0 Å². The van der Waals surface area contributed by atoms with E-state index in [0.29, 0.717) is 23.0 Å². The Morgan fingerprint density at radius 3 is 1.25 bits per heavy atom. The van der Waals surface area contributed by atoms with Gasteiger partial charge in [0.05, 0.1) is 0 Å². The van der Waals surface area contributed by atoms with Crippen LogP contribution in [0.4, 0.5) is 0 Å². The Balaban J connectivity index is -0.00000000500. The summed E-state index contributed by atoms with van der Waals surface area (Å²) in [5.74, 6) is 0. The van der Waals surface area contributed by atoms with Gasteiger partial charge in [0, 0.05) is 0 Å². The summed E-state index contributed by atoms with van der Waals surface area (Å²) in [7, 11) is 0. The molecule has 0 heterocycles. The number of hydrogen-bond acceptors (Lipinski definition) is 1. The number of rotatable bonds is 0. The summed E-state index contributed by atoms with van der Waals surface area (Å²) in [5, 5.41) is 0.